The topological polar surface area (TPSA) is 36.9 Å². The second-order valence-corrected chi connectivity index (χ2v) is 13.3. The molecular formula is C20H30O4Si. The third-order valence-corrected chi connectivity index (χ3v) is 10.4. The maximum absolute atomic E-state index is 6.51. The predicted octanol–water partition coefficient (Wildman–Crippen LogP) is 4.93. The molecule has 0 N–H and O–H groups in total. The predicted molar refractivity (Wildman–Crippen MR) is 102 cm³/mol. The SMILES string of the molecule is C=CC1CO[C@H](c2ccc3c(c2)OCO3)[C@H]1CO[Si](C)(C)C(C)(C)C. The Balaban J connectivity index is 1.78. The van der Waals surface area contributed by atoms with Crippen LogP contribution in [0.4, 0.5) is 0 Å². The summed E-state index contributed by atoms with van der Waals surface area (Å²) in [4.78, 5) is 0. The lowest BCUT2D eigenvalue weighted by atomic mass is 9.88. The minimum Gasteiger partial charge on any atom is -0.454 e. The molecule has 138 valence electrons. The molecule has 1 saturated heterocycles. The van der Waals surface area contributed by atoms with Crippen LogP contribution < -0.4 is 9.47 Å². The van der Waals surface area contributed by atoms with Crippen LogP contribution in [0.1, 0.15) is 32.4 Å². The van der Waals surface area contributed by atoms with E-state index in [1.807, 2.05) is 18.2 Å². The molecule has 3 atom stereocenters. The maximum atomic E-state index is 6.51. The van der Waals surface area contributed by atoms with Crippen molar-refractivity contribution in [1.29, 1.82) is 0 Å². The van der Waals surface area contributed by atoms with Gasteiger partial charge in [-0.1, -0.05) is 32.9 Å². The van der Waals surface area contributed by atoms with Crippen LogP contribution in [0, 0.1) is 11.8 Å². The van der Waals surface area contributed by atoms with E-state index in [9.17, 15) is 0 Å². The number of benzene rings is 1. The molecule has 0 saturated carbocycles. The van der Waals surface area contributed by atoms with Crippen molar-refractivity contribution in [2.45, 2.75) is 45.0 Å². The lowest BCUT2D eigenvalue weighted by Crippen LogP contribution is -2.42. The zero-order valence-electron chi connectivity index (χ0n) is 16.0. The fourth-order valence-electron chi connectivity index (χ4n) is 3.09. The highest BCUT2D eigenvalue weighted by Gasteiger charge is 2.42. The lowest BCUT2D eigenvalue weighted by molar-refractivity contribution is 0.0735. The summed E-state index contributed by atoms with van der Waals surface area (Å²) in [5.41, 5.74) is 1.12. The normalized spacial score (nSPS) is 26.0. The van der Waals surface area contributed by atoms with E-state index < -0.39 is 8.32 Å². The number of hydrogen-bond acceptors (Lipinski definition) is 4. The smallest absolute Gasteiger partial charge is 0.231 e. The van der Waals surface area contributed by atoms with Crippen molar-refractivity contribution >= 4 is 8.32 Å². The van der Waals surface area contributed by atoms with Gasteiger partial charge in [-0.3, -0.25) is 0 Å². The minimum atomic E-state index is -1.80. The minimum absolute atomic E-state index is 0.00210. The Morgan fingerprint density at radius 2 is 1.96 bits per heavy atom. The molecule has 2 aliphatic heterocycles. The van der Waals surface area contributed by atoms with Gasteiger partial charge < -0.3 is 18.6 Å². The van der Waals surface area contributed by atoms with Crippen molar-refractivity contribution in [3.63, 3.8) is 0 Å². The average molecular weight is 363 g/mol. The monoisotopic (exact) mass is 362 g/mol. The van der Waals surface area contributed by atoms with Crippen LogP contribution in [-0.2, 0) is 9.16 Å². The Bertz CT molecular complexity index is 635. The van der Waals surface area contributed by atoms with Gasteiger partial charge in [-0.2, -0.15) is 0 Å². The van der Waals surface area contributed by atoms with Gasteiger partial charge in [0, 0.05) is 18.4 Å². The summed E-state index contributed by atoms with van der Waals surface area (Å²) in [6.45, 7) is 17.1. The van der Waals surface area contributed by atoms with E-state index in [1.54, 1.807) is 0 Å². The van der Waals surface area contributed by atoms with Gasteiger partial charge >= 0.3 is 0 Å². The summed E-state index contributed by atoms with van der Waals surface area (Å²) >= 11 is 0. The summed E-state index contributed by atoms with van der Waals surface area (Å²) in [5, 5.41) is 0.199. The van der Waals surface area contributed by atoms with E-state index >= 15 is 0 Å². The molecular weight excluding hydrogens is 332 g/mol. The highest BCUT2D eigenvalue weighted by atomic mass is 28.4. The Kier molecular flexibility index (Phi) is 5.01. The van der Waals surface area contributed by atoms with Gasteiger partial charge in [0.1, 0.15) is 0 Å². The molecule has 0 aromatic heterocycles. The molecule has 0 spiro atoms. The van der Waals surface area contributed by atoms with E-state index in [4.69, 9.17) is 18.6 Å². The number of rotatable bonds is 5. The van der Waals surface area contributed by atoms with Gasteiger partial charge in [-0.05, 0) is 35.8 Å². The first-order valence-electron chi connectivity index (χ1n) is 9.00. The molecule has 0 amide bonds. The van der Waals surface area contributed by atoms with Gasteiger partial charge in [0.05, 0.1) is 12.7 Å². The van der Waals surface area contributed by atoms with E-state index in [-0.39, 0.29) is 23.9 Å². The summed E-state index contributed by atoms with van der Waals surface area (Å²) in [6, 6.07) is 6.08. The van der Waals surface area contributed by atoms with Crippen molar-refractivity contribution < 1.29 is 18.6 Å². The van der Waals surface area contributed by atoms with Crippen molar-refractivity contribution in [1.82, 2.24) is 0 Å². The molecule has 5 heteroatoms. The highest BCUT2D eigenvalue weighted by molar-refractivity contribution is 6.74. The fraction of sp³-hybridized carbons (Fsp3) is 0.600. The van der Waals surface area contributed by atoms with Crippen LogP contribution >= 0.6 is 0 Å². The second kappa shape index (κ2) is 6.78. The first kappa shape index (κ1) is 18.5. The fourth-order valence-corrected chi connectivity index (χ4v) is 4.14. The molecule has 3 rings (SSSR count). The first-order valence-corrected chi connectivity index (χ1v) is 11.9. The van der Waals surface area contributed by atoms with Gasteiger partial charge in [-0.15, -0.1) is 6.58 Å². The molecule has 1 fully saturated rings. The van der Waals surface area contributed by atoms with Gasteiger partial charge in [0.2, 0.25) is 6.79 Å². The van der Waals surface area contributed by atoms with E-state index in [0.29, 0.717) is 19.1 Å². The second-order valence-electron chi connectivity index (χ2n) is 8.50. The molecule has 25 heavy (non-hydrogen) atoms. The molecule has 0 aliphatic carbocycles. The van der Waals surface area contributed by atoms with Crippen LogP contribution in [-0.4, -0.2) is 28.3 Å². The highest BCUT2D eigenvalue weighted by Crippen LogP contribution is 2.44. The van der Waals surface area contributed by atoms with Crippen molar-refractivity contribution in [2.24, 2.45) is 11.8 Å². The van der Waals surface area contributed by atoms with Gasteiger partial charge in [-0.25, -0.2) is 0 Å². The average Bonchev–Trinajstić information content (AvgIpc) is 3.17. The van der Waals surface area contributed by atoms with E-state index in [1.165, 1.54) is 0 Å². The van der Waals surface area contributed by atoms with Crippen LogP contribution in [0.3, 0.4) is 0 Å². The Morgan fingerprint density at radius 3 is 2.64 bits per heavy atom. The standard InChI is InChI=1S/C20H30O4Si/c1-7-14-11-21-19(15-8-9-17-18(10-15)23-13-22-17)16(14)12-24-25(5,6)20(2,3)4/h7-10,14,16,19H,1,11-13H2,2-6H3/t14?,16-,19+/m0/s1. The van der Waals surface area contributed by atoms with Crippen LogP contribution in [0.2, 0.25) is 18.1 Å². The molecule has 2 heterocycles. The summed E-state index contributed by atoms with van der Waals surface area (Å²) in [7, 11) is -1.80. The molecule has 4 nitrogen and oxygen atoms in total. The summed E-state index contributed by atoms with van der Waals surface area (Å²) in [5.74, 6) is 2.18. The molecule has 0 radical (unpaired) electrons. The molecule has 1 unspecified atom stereocenters. The van der Waals surface area contributed by atoms with E-state index in [2.05, 4.69) is 46.5 Å². The van der Waals surface area contributed by atoms with Crippen LogP contribution in [0.15, 0.2) is 30.9 Å². The van der Waals surface area contributed by atoms with E-state index in [0.717, 1.165) is 17.1 Å². The third kappa shape index (κ3) is 3.64. The lowest BCUT2D eigenvalue weighted by Gasteiger charge is -2.37. The third-order valence-electron chi connectivity index (χ3n) is 5.88. The quantitative estimate of drug-likeness (QED) is 0.550. The van der Waals surface area contributed by atoms with Crippen molar-refractivity contribution in [2.75, 3.05) is 20.0 Å². The van der Waals surface area contributed by atoms with Gasteiger partial charge in [0.15, 0.2) is 19.8 Å². The number of fused-ring (bicyclic) bond motifs is 1. The van der Waals surface area contributed by atoms with Crippen molar-refractivity contribution in [3.8, 4) is 11.5 Å². The molecule has 1 aromatic rings. The molecule has 1 aromatic carbocycles. The van der Waals surface area contributed by atoms with Crippen LogP contribution in [0.25, 0.3) is 0 Å². The Morgan fingerprint density at radius 1 is 1.24 bits per heavy atom. The van der Waals surface area contributed by atoms with Crippen molar-refractivity contribution in [3.05, 3.63) is 36.4 Å². The first-order chi connectivity index (χ1) is 11.7. The summed E-state index contributed by atoms with van der Waals surface area (Å²) < 4.78 is 23.6. The number of hydrogen-bond donors (Lipinski definition) is 0. The Labute approximate surface area is 152 Å². The summed E-state index contributed by atoms with van der Waals surface area (Å²) in [6.07, 6.45) is 2.01. The molecule has 2 aliphatic rings. The largest absolute Gasteiger partial charge is 0.454 e. The zero-order valence-corrected chi connectivity index (χ0v) is 17.0. The zero-order chi connectivity index (χ0) is 18.2. The Hall–Kier alpha value is -1.30. The van der Waals surface area contributed by atoms with Crippen LogP contribution in [0.5, 0.6) is 11.5 Å². The van der Waals surface area contributed by atoms with Gasteiger partial charge in [0.25, 0.3) is 0 Å². The maximum Gasteiger partial charge on any atom is 0.231 e. The molecule has 0 bridgehead atoms. The number of ether oxygens (including phenoxy) is 3.